The van der Waals surface area contributed by atoms with Gasteiger partial charge in [-0.2, -0.15) is 0 Å². The topological polar surface area (TPSA) is 38.3 Å². The van der Waals surface area contributed by atoms with Gasteiger partial charge in [0.25, 0.3) is 0 Å². The minimum atomic E-state index is -0.161. The van der Waals surface area contributed by atoms with E-state index in [-0.39, 0.29) is 11.4 Å². The Bertz CT molecular complexity index is 380. The number of carbonyl (C=O) groups is 1. The lowest BCUT2D eigenvalue weighted by Gasteiger charge is -2.20. The molecule has 1 aromatic carbocycles. The molecule has 0 saturated heterocycles. The van der Waals surface area contributed by atoms with Gasteiger partial charge in [-0.15, -0.1) is 0 Å². The SMILES string of the molecule is COc1cccc(CCC(=O)NC(C)(C)C)c1. The molecule has 0 heterocycles. The van der Waals surface area contributed by atoms with Crippen LogP contribution in [0.2, 0.25) is 0 Å². The number of ether oxygens (including phenoxy) is 1. The summed E-state index contributed by atoms with van der Waals surface area (Å²) in [6.45, 7) is 5.95. The molecule has 0 atom stereocenters. The van der Waals surface area contributed by atoms with Crippen LogP contribution in [-0.2, 0) is 11.2 Å². The van der Waals surface area contributed by atoms with Gasteiger partial charge < -0.3 is 10.1 Å². The summed E-state index contributed by atoms with van der Waals surface area (Å²) in [4.78, 5) is 11.6. The number of rotatable bonds is 4. The summed E-state index contributed by atoms with van der Waals surface area (Å²) < 4.78 is 5.14. The van der Waals surface area contributed by atoms with Crippen molar-refractivity contribution in [3.05, 3.63) is 29.8 Å². The third-order valence-corrected chi connectivity index (χ3v) is 2.29. The molecule has 0 aliphatic heterocycles. The Morgan fingerprint density at radius 1 is 1.35 bits per heavy atom. The molecule has 1 rings (SSSR count). The van der Waals surface area contributed by atoms with Crippen LogP contribution in [0.25, 0.3) is 0 Å². The highest BCUT2D eigenvalue weighted by atomic mass is 16.5. The van der Waals surface area contributed by atoms with Crippen LogP contribution in [0.3, 0.4) is 0 Å². The van der Waals surface area contributed by atoms with Crippen LogP contribution in [0.15, 0.2) is 24.3 Å². The molecule has 3 nitrogen and oxygen atoms in total. The average molecular weight is 235 g/mol. The molecule has 0 bridgehead atoms. The number of amides is 1. The molecule has 0 aliphatic carbocycles. The van der Waals surface area contributed by atoms with E-state index in [1.807, 2.05) is 45.0 Å². The third kappa shape index (κ3) is 5.38. The van der Waals surface area contributed by atoms with Crippen molar-refractivity contribution in [2.45, 2.75) is 39.2 Å². The molecule has 1 aromatic rings. The van der Waals surface area contributed by atoms with Gasteiger partial charge in [0.2, 0.25) is 5.91 Å². The van der Waals surface area contributed by atoms with Gasteiger partial charge in [0.15, 0.2) is 0 Å². The standard InChI is InChI=1S/C14H21NO2/c1-14(2,3)15-13(16)9-8-11-6-5-7-12(10-11)17-4/h5-7,10H,8-9H2,1-4H3,(H,15,16). The van der Waals surface area contributed by atoms with Crippen LogP contribution in [0.1, 0.15) is 32.8 Å². The molecular weight excluding hydrogens is 214 g/mol. The Balaban J connectivity index is 2.47. The maximum absolute atomic E-state index is 11.6. The van der Waals surface area contributed by atoms with Crippen molar-refractivity contribution in [2.24, 2.45) is 0 Å². The van der Waals surface area contributed by atoms with Crippen molar-refractivity contribution in [3.8, 4) is 5.75 Å². The van der Waals surface area contributed by atoms with Crippen LogP contribution in [0.4, 0.5) is 0 Å². The predicted octanol–water partition coefficient (Wildman–Crippen LogP) is 2.54. The van der Waals surface area contributed by atoms with E-state index in [1.165, 1.54) is 0 Å². The van der Waals surface area contributed by atoms with Crippen LogP contribution in [0.5, 0.6) is 5.75 Å². The summed E-state index contributed by atoms with van der Waals surface area (Å²) in [5.74, 6) is 0.916. The van der Waals surface area contributed by atoms with Crippen molar-refractivity contribution in [1.29, 1.82) is 0 Å². The summed E-state index contributed by atoms with van der Waals surface area (Å²) in [5.41, 5.74) is 0.958. The number of hydrogen-bond donors (Lipinski definition) is 1. The van der Waals surface area contributed by atoms with Crippen LogP contribution >= 0.6 is 0 Å². The van der Waals surface area contributed by atoms with E-state index >= 15 is 0 Å². The molecule has 0 fully saturated rings. The van der Waals surface area contributed by atoms with Crippen molar-refractivity contribution < 1.29 is 9.53 Å². The fourth-order valence-corrected chi connectivity index (χ4v) is 1.57. The lowest BCUT2D eigenvalue weighted by atomic mass is 10.1. The number of hydrogen-bond acceptors (Lipinski definition) is 2. The number of aryl methyl sites for hydroxylation is 1. The molecule has 94 valence electrons. The first-order chi connectivity index (χ1) is 7.90. The van der Waals surface area contributed by atoms with Crippen molar-refractivity contribution in [1.82, 2.24) is 5.32 Å². The van der Waals surface area contributed by atoms with Crippen molar-refractivity contribution in [3.63, 3.8) is 0 Å². The molecule has 3 heteroatoms. The zero-order valence-corrected chi connectivity index (χ0v) is 11.0. The molecule has 0 unspecified atom stereocenters. The van der Waals surface area contributed by atoms with Gasteiger partial charge >= 0.3 is 0 Å². The number of benzene rings is 1. The number of methoxy groups -OCH3 is 1. The van der Waals surface area contributed by atoms with Gasteiger partial charge in [0.05, 0.1) is 7.11 Å². The second-order valence-corrected chi connectivity index (χ2v) is 5.15. The van der Waals surface area contributed by atoms with Gasteiger partial charge in [0.1, 0.15) is 5.75 Å². The maximum atomic E-state index is 11.6. The minimum absolute atomic E-state index is 0.0836. The molecule has 0 aromatic heterocycles. The average Bonchev–Trinajstić information content (AvgIpc) is 2.24. The van der Waals surface area contributed by atoms with Crippen LogP contribution in [0, 0.1) is 0 Å². The van der Waals surface area contributed by atoms with E-state index in [1.54, 1.807) is 7.11 Å². The fraction of sp³-hybridized carbons (Fsp3) is 0.500. The van der Waals surface area contributed by atoms with E-state index in [4.69, 9.17) is 4.74 Å². The molecule has 0 spiro atoms. The van der Waals surface area contributed by atoms with E-state index in [0.717, 1.165) is 17.7 Å². The Hall–Kier alpha value is -1.51. The van der Waals surface area contributed by atoms with Crippen LogP contribution in [-0.4, -0.2) is 18.6 Å². The highest BCUT2D eigenvalue weighted by Gasteiger charge is 2.13. The lowest BCUT2D eigenvalue weighted by Crippen LogP contribution is -2.40. The quantitative estimate of drug-likeness (QED) is 0.871. The van der Waals surface area contributed by atoms with Gasteiger partial charge in [0, 0.05) is 12.0 Å². The minimum Gasteiger partial charge on any atom is -0.497 e. The van der Waals surface area contributed by atoms with Gasteiger partial charge in [-0.25, -0.2) is 0 Å². The second-order valence-electron chi connectivity index (χ2n) is 5.15. The van der Waals surface area contributed by atoms with Gasteiger partial charge in [-0.05, 0) is 44.9 Å². The molecule has 1 amide bonds. The Morgan fingerprint density at radius 2 is 2.06 bits per heavy atom. The normalized spacial score (nSPS) is 11.1. The van der Waals surface area contributed by atoms with E-state index < -0.39 is 0 Å². The third-order valence-electron chi connectivity index (χ3n) is 2.29. The number of carbonyl (C=O) groups excluding carboxylic acids is 1. The van der Waals surface area contributed by atoms with Gasteiger partial charge in [-0.1, -0.05) is 12.1 Å². The summed E-state index contributed by atoms with van der Waals surface area (Å²) in [5, 5.41) is 2.95. The molecule has 17 heavy (non-hydrogen) atoms. The highest BCUT2D eigenvalue weighted by molar-refractivity contribution is 5.76. The van der Waals surface area contributed by atoms with Crippen LogP contribution < -0.4 is 10.1 Å². The molecule has 0 saturated carbocycles. The molecule has 0 radical (unpaired) electrons. The smallest absolute Gasteiger partial charge is 0.220 e. The first-order valence-electron chi connectivity index (χ1n) is 5.84. The fourth-order valence-electron chi connectivity index (χ4n) is 1.57. The first kappa shape index (κ1) is 13.6. The lowest BCUT2D eigenvalue weighted by molar-refractivity contribution is -0.122. The predicted molar refractivity (Wildman–Crippen MR) is 69.2 cm³/mol. The zero-order valence-electron chi connectivity index (χ0n) is 11.0. The summed E-state index contributed by atoms with van der Waals surface area (Å²) >= 11 is 0. The number of nitrogens with one attached hydrogen (secondary N) is 1. The Kier molecular flexibility index (Phi) is 4.55. The molecule has 1 N–H and O–H groups in total. The summed E-state index contributed by atoms with van der Waals surface area (Å²) in [6, 6.07) is 7.81. The maximum Gasteiger partial charge on any atom is 0.220 e. The van der Waals surface area contributed by atoms with E-state index in [0.29, 0.717) is 6.42 Å². The molecular formula is C14H21NO2. The summed E-state index contributed by atoms with van der Waals surface area (Å²) in [6.07, 6.45) is 1.24. The molecule has 0 aliphatic rings. The first-order valence-corrected chi connectivity index (χ1v) is 5.84. The second kappa shape index (κ2) is 5.71. The van der Waals surface area contributed by atoms with E-state index in [2.05, 4.69) is 5.32 Å². The monoisotopic (exact) mass is 235 g/mol. The van der Waals surface area contributed by atoms with Crippen molar-refractivity contribution in [2.75, 3.05) is 7.11 Å². The Morgan fingerprint density at radius 3 is 2.65 bits per heavy atom. The summed E-state index contributed by atoms with van der Waals surface area (Å²) in [7, 11) is 1.64. The van der Waals surface area contributed by atoms with E-state index in [9.17, 15) is 4.79 Å². The zero-order chi connectivity index (χ0) is 12.9. The largest absolute Gasteiger partial charge is 0.497 e. The Labute approximate surface area is 103 Å². The van der Waals surface area contributed by atoms with Crippen molar-refractivity contribution >= 4 is 5.91 Å². The highest BCUT2D eigenvalue weighted by Crippen LogP contribution is 2.14. The van der Waals surface area contributed by atoms with Gasteiger partial charge in [-0.3, -0.25) is 4.79 Å².